The highest BCUT2D eigenvalue weighted by Crippen LogP contribution is 1.97. The molecule has 0 aliphatic rings. The normalized spacial score (nSPS) is 12.3. The molecule has 0 radical (unpaired) electrons. The predicted octanol–water partition coefficient (Wildman–Crippen LogP) is -0.761. The summed E-state index contributed by atoms with van der Waals surface area (Å²) in [4.78, 5) is 22.7. The van der Waals surface area contributed by atoms with Gasteiger partial charge in [0, 0.05) is 13.2 Å². The minimum Gasteiger partial charge on any atom is -0.380 e. The van der Waals surface area contributed by atoms with E-state index in [4.69, 9.17) is 10.5 Å². The Morgan fingerprint density at radius 3 is 2.47 bits per heavy atom. The van der Waals surface area contributed by atoms with Crippen molar-refractivity contribution in [2.24, 2.45) is 11.7 Å². The third kappa shape index (κ3) is 7.70. The number of nitrogens with one attached hydrogen (secondary N) is 2. The standard InChI is InChI=1S/C11H23N3O3/c1-4-17-6-5-13-9(15)7-14-11(16)10(12)8(2)3/h8,10H,4-7,12H2,1-3H3,(H,13,15)(H,14,16)/t10-/m0/s1. The van der Waals surface area contributed by atoms with Crippen molar-refractivity contribution >= 4 is 11.8 Å². The number of carbonyl (C=O) groups is 2. The maximum atomic E-state index is 11.4. The van der Waals surface area contributed by atoms with Gasteiger partial charge in [0.2, 0.25) is 11.8 Å². The molecule has 4 N–H and O–H groups in total. The Labute approximate surface area is 102 Å². The summed E-state index contributed by atoms with van der Waals surface area (Å²) in [5.74, 6) is -0.495. The molecule has 1 atom stereocenters. The average molecular weight is 245 g/mol. The van der Waals surface area contributed by atoms with Crippen LogP contribution in [0.25, 0.3) is 0 Å². The molecule has 0 unspecified atom stereocenters. The molecule has 0 bridgehead atoms. The number of hydrogen-bond donors (Lipinski definition) is 3. The van der Waals surface area contributed by atoms with Gasteiger partial charge >= 0.3 is 0 Å². The Hall–Kier alpha value is -1.14. The lowest BCUT2D eigenvalue weighted by atomic mass is 10.1. The third-order valence-electron chi connectivity index (χ3n) is 2.22. The molecule has 6 nitrogen and oxygen atoms in total. The first-order valence-corrected chi connectivity index (χ1v) is 5.86. The van der Waals surface area contributed by atoms with Gasteiger partial charge in [-0.1, -0.05) is 13.8 Å². The molecule has 17 heavy (non-hydrogen) atoms. The van der Waals surface area contributed by atoms with Crippen LogP contribution in [-0.4, -0.2) is 44.2 Å². The van der Waals surface area contributed by atoms with Crippen LogP contribution in [0.5, 0.6) is 0 Å². The van der Waals surface area contributed by atoms with Gasteiger partial charge < -0.3 is 21.1 Å². The van der Waals surface area contributed by atoms with Crippen LogP contribution in [0, 0.1) is 5.92 Å². The van der Waals surface area contributed by atoms with Gasteiger partial charge in [0.15, 0.2) is 0 Å². The molecular weight excluding hydrogens is 222 g/mol. The van der Waals surface area contributed by atoms with Gasteiger partial charge in [-0.15, -0.1) is 0 Å². The van der Waals surface area contributed by atoms with Gasteiger partial charge in [0.25, 0.3) is 0 Å². The summed E-state index contributed by atoms with van der Waals surface area (Å²) >= 11 is 0. The lowest BCUT2D eigenvalue weighted by molar-refractivity contribution is -0.127. The number of amides is 2. The maximum absolute atomic E-state index is 11.4. The second-order valence-corrected chi connectivity index (χ2v) is 4.03. The summed E-state index contributed by atoms with van der Waals surface area (Å²) in [5.41, 5.74) is 5.62. The number of ether oxygens (including phenoxy) is 1. The first-order valence-electron chi connectivity index (χ1n) is 5.86. The SMILES string of the molecule is CCOCCNC(=O)CNC(=O)[C@@H](N)C(C)C. The first kappa shape index (κ1) is 15.9. The zero-order valence-electron chi connectivity index (χ0n) is 10.8. The number of carbonyl (C=O) groups excluding carboxylic acids is 2. The highest BCUT2D eigenvalue weighted by Gasteiger charge is 2.17. The zero-order valence-corrected chi connectivity index (χ0v) is 10.8. The van der Waals surface area contributed by atoms with Crippen molar-refractivity contribution < 1.29 is 14.3 Å². The predicted molar refractivity (Wildman–Crippen MR) is 65.3 cm³/mol. The van der Waals surface area contributed by atoms with Gasteiger partial charge in [-0.25, -0.2) is 0 Å². The number of rotatable bonds is 8. The Morgan fingerprint density at radius 1 is 1.29 bits per heavy atom. The Morgan fingerprint density at radius 2 is 1.94 bits per heavy atom. The first-order chi connectivity index (χ1) is 7.99. The van der Waals surface area contributed by atoms with E-state index in [0.29, 0.717) is 19.8 Å². The molecule has 2 amide bonds. The van der Waals surface area contributed by atoms with Crippen LogP contribution in [0.3, 0.4) is 0 Å². The molecular formula is C11H23N3O3. The topological polar surface area (TPSA) is 93.5 Å². The van der Waals surface area contributed by atoms with Crippen molar-refractivity contribution in [3.05, 3.63) is 0 Å². The van der Waals surface area contributed by atoms with Crippen LogP contribution in [0.4, 0.5) is 0 Å². The van der Waals surface area contributed by atoms with Crippen LogP contribution in [-0.2, 0) is 14.3 Å². The molecule has 0 saturated carbocycles. The fourth-order valence-corrected chi connectivity index (χ4v) is 1.06. The fourth-order valence-electron chi connectivity index (χ4n) is 1.06. The van der Waals surface area contributed by atoms with Crippen LogP contribution in [0.15, 0.2) is 0 Å². The van der Waals surface area contributed by atoms with Crippen molar-refractivity contribution in [3.8, 4) is 0 Å². The van der Waals surface area contributed by atoms with E-state index in [2.05, 4.69) is 10.6 Å². The molecule has 0 aromatic carbocycles. The molecule has 0 aliphatic heterocycles. The van der Waals surface area contributed by atoms with Crippen molar-refractivity contribution in [1.82, 2.24) is 10.6 Å². The Bertz CT molecular complexity index is 244. The van der Waals surface area contributed by atoms with Gasteiger partial charge in [0.05, 0.1) is 19.2 Å². The zero-order chi connectivity index (χ0) is 13.3. The van der Waals surface area contributed by atoms with Gasteiger partial charge in [0.1, 0.15) is 0 Å². The van der Waals surface area contributed by atoms with E-state index in [1.807, 2.05) is 20.8 Å². The summed E-state index contributed by atoms with van der Waals surface area (Å²) in [6, 6.07) is -0.578. The molecule has 0 aromatic heterocycles. The van der Waals surface area contributed by atoms with E-state index >= 15 is 0 Å². The second-order valence-electron chi connectivity index (χ2n) is 4.03. The van der Waals surface area contributed by atoms with Crippen LogP contribution in [0.2, 0.25) is 0 Å². The summed E-state index contributed by atoms with van der Waals surface area (Å²) in [6.07, 6.45) is 0. The summed E-state index contributed by atoms with van der Waals surface area (Å²) in [7, 11) is 0. The molecule has 100 valence electrons. The lowest BCUT2D eigenvalue weighted by Crippen LogP contribution is -2.47. The average Bonchev–Trinajstić information content (AvgIpc) is 2.30. The minimum absolute atomic E-state index is 0.0502. The van der Waals surface area contributed by atoms with Crippen molar-refractivity contribution in [3.63, 3.8) is 0 Å². The number of nitrogens with two attached hydrogens (primary N) is 1. The third-order valence-corrected chi connectivity index (χ3v) is 2.22. The van der Waals surface area contributed by atoms with Gasteiger partial charge in [-0.3, -0.25) is 9.59 Å². The Balaban J connectivity index is 3.66. The largest absolute Gasteiger partial charge is 0.380 e. The van der Waals surface area contributed by atoms with E-state index in [0.717, 1.165) is 0 Å². The molecule has 0 fully saturated rings. The molecule has 6 heteroatoms. The maximum Gasteiger partial charge on any atom is 0.239 e. The van der Waals surface area contributed by atoms with E-state index in [-0.39, 0.29) is 24.3 Å². The highest BCUT2D eigenvalue weighted by atomic mass is 16.5. The molecule has 0 saturated heterocycles. The van der Waals surface area contributed by atoms with Crippen molar-refractivity contribution in [2.75, 3.05) is 26.3 Å². The molecule has 0 spiro atoms. The van der Waals surface area contributed by atoms with Crippen LogP contribution in [0.1, 0.15) is 20.8 Å². The summed E-state index contributed by atoms with van der Waals surface area (Å²) < 4.78 is 5.06. The van der Waals surface area contributed by atoms with Gasteiger partial charge in [-0.2, -0.15) is 0 Å². The molecule has 0 heterocycles. The smallest absolute Gasteiger partial charge is 0.239 e. The van der Waals surface area contributed by atoms with Crippen molar-refractivity contribution in [1.29, 1.82) is 0 Å². The van der Waals surface area contributed by atoms with E-state index in [1.54, 1.807) is 0 Å². The molecule has 0 aliphatic carbocycles. The Kier molecular flexibility index (Phi) is 8.35. The quantitative estimate of drug-likeness (QED) is 0.490. The van der Waals surface area contributed by atoms with Crippen LogP contribution < -0.4 is 16.4 Å². The summed E-state index contributed by atoms with van der Waals surface area (Å²) in [5, 5.41) is 5.11. The second kappa shape index (κ2) is 8.95. The summed E-state index contributed by atoms with van der Waals surface area (Å²) in [6.45, 7) is 7.08. The molecule has 0 aromatic rings. The monoisotopic (exact) mass is 245 g/mol. The minimum atomic E-state index is -0.578. The fraction of sp³-hybridized carbons (Fsp3) is 0.818. The van der Waals surface area contributed by atoms with Gasteiger partial charge in [-0.05, 0) is 12.8 Å². The van der Waals surface area contributed by atoms with E-state index in [1.165, 1.54) is 0 Å². The lowest BCUT2D eigenvalue weighted by Gasteiger charge is -2.15. The van der Waals surface area contributed by atoms with Crippen molar-refractivity contribution in [2.45, 2.75) is 26.8 Å². The highest BCUT2D eigenvalue weighted by molar-refractivity contribution is 5.87. The van der Waals surface area contributed by atoms with Crippen LogP contribution >= 0.6 is 0 Å². The van der Waals surface area contributed by atoms with E-state index in [9.17, 15) is 9.59 Å². The molecule has 0 rings (SSSR count). The van der Waals surface area contributed by atoms with E-state index < -0.39 is 6.04 Å². The number of hydrogen-bond acceptors (Lipinski definition) is 4.